The smallest absolute Gasteiger partial charge is 0.285 e. The molecule has 8 nitrogen and oxygen atoms in total. The van der Waals surface area contributed by atoms with Gasteiger partial charge in [-0.1, -0.05) is 60.7 Å². The van der Waals surface area contributed by atoms with Gasteiger partial charge in [0.25, 0.3) is 5.79 Å². The standard InChI is InChI=1S/C25H24N4O4/c1-17-22(31-14-18-8-4-2-5-9-18)23(32-15-19-10-6-3-7-11-19)25(30,33-17)21-13-12-20-24(26)27-16-28-29(20)21/h2-13,16,23,30H,14-15H2,1H3,(H2,26,27,28)/t23-,25+/m1/s1. The van der Waals surface area contributed by atoms with Crippen molar-refractivity contribution in [3.05, 3.63) is 107 Å². The summed E-state index contributed by atoms with van der Waals surface area (Å²) in [5.74, 6) is -0.722. The summed E-state index contributed by atoms with van der Waals surface area (Å²) < 4.78 is 19.9. The summed E-state index contributed by atoms with van der Waals surface area (Å²) >= 11 is 0. The molecule has 3 heterocycles. The Morgan fingerprint density at radius 2 is 1.67 bits per heavy atom. The monoisotopic (exact) mass is 444 g/mol. The largest absolute Gasteiger partial charge is 0.487 e. The summed E-state index contributed by atoms with van der Waals surface area (Å²) in [5, 5.41) is 16.1. The molecular weight excluding hydrogens is 420 g/mol. The van der Waals surface area contributed by atoms with Crippen LogP contribution in [0.2, 0.25) is 0 Å². The second-order valence-electron chi connectivity index (χ2n) is 7.83. The normalized spacial score (nSPS) is 20.2. The van der Waals surface area contributed by atoms with Gasteiger partial charge in [0.2, 0.25) is 0 Å². The molecule has 2 aromatic carbocycles. The number of nitrogen functional groups attached to an aromatic ring is 1. The SMILES string of the molecule is CC1=C(OCc2ccccc2)[C@@H](OCc2ccccc2)[C@](O)(c2ccc3c(N)ncnn23)O1. The molecule has 0 aliphatic carbocycles. The Labute approximate surface area is 190 Å². The minimum atomic E-state index is -1.88. The predicted octanol–water partition coefficient (Wildman–Crippen LogP) is 3.52. The number of fused-ring (bicyclic) bond motifs is 1. The fourth-order valence-corrected chi connectivity index (χ4v) is 3.97. The second-order valence-corrected chi connectivity index (χ2v) is 7.83. The van der Waals surface area contributed by atoms with Gasteiger partial charge in [0, 0.05) is 0 Å². The highest BCUT2D eigenvalue weighted by Crippen LogP contribution is 2.43. The molecular formula is C25H24N4O4. The molecule has 0 saturated heterocycles. The Kier molecular flexibility index (Phi) is 5.45. The van der Waals surface area contributed by atoms with Crippen LogP contribution in [0, 0.1) is 0 Å². The maximum Gasteiger partial charge on any atom is 0.285 e. The minimum Gasteiger partial charge on any atom is -0.487 e. The molecule has 3 N–H and O–H groups in total. The van der Waals surface area contributed by atoms with E-state index in [-0.39, 0.29) is 6.61 Å². The van der Waals surface area contributed by atoms with Crippen LogP contribution in [0.25, 0.3) is 5.52 Å². The number of aromatic nitrogens is 3. The van der Waals surface area contributed by atoms with Crippen LogP contribution in [0.15, 0.2) is 90.6 Å². The van der Waals surface area contributed by atoms with Gasteiger partial charge in [0.1, 0.15) is 29.9 Å². The summed E-state index contributed by atoms with van der Waals surface area (Å²) in [5.41, 5.74) is 8.85. The summed E-state index contributed by atoms with van der Waals surface area (Å²) in [4.78, 5) is 4.01. The lowest BCUT2D eigenvalue weighted by atomic mass is 10.1. The van der Waals surface area contributed by atoms with Crippen LogP contribution < -0.4 is 5.73 Å². The van der Waals surface area contributed by atoms with Gasteiger partial charge < -0.3 is 25.1 Å². The molecule has 0 unspecified atom stereocenters. The fourth-order valence-electron chi connectivity index (χ4n) is 3.97. The van der Waals surface area contributed by atoms with Gasteiger partial charge in [-0.15, -0.1) is 0 Å². The zero-order valence-corrected chi connectivity index (χ0v) is 18.1. The lowest BCUT2D eigenvalue weighted by molar-refractivity contribution is -0.237. The van der Waals surface area contributed by atoms with Gasteiger partial charge in [-0.25, -0.2) is 9.50 Å². The topological polar surface area (TPSA) is 104 Å². The number of hydrogen-bond acceptors (Lipinski definition) is 7. The highest BCUT2D eigenvalue weighted by Gasteiger charge is 2.53. The van der Waals surface area contributed by atoms with E-state index in [1.165, 1.54) is 10.8 Å². The zero-order valence-electron chi connectivity index (χ0n) is 18.1. The average molecular weight is 444 g/mol. The summed E-state index contributed by atoms with van der Waals surface area (Å²) in [6, 6.07) is 22.9. The third-order valence-corrected chi connectivity index (χ3v) is 5.59. The molecule has 0 radical (unpaired) electrons. The van der Waals surface area contributed by atoms with Crippen molar-refractivity contribution in [1.82, 2.24) is 14.6 Å². The molecule has 8 heteroatoms. The molecule has 0 fully saturated rings. The Balaban J connectivity index is 1.50. The van der Waals surface area contributed by atoms with E-state index in [9.17, 15) is 5.11 Å². The van der Waals surface area contributed by atoms with E-state index in [2.05, 4.69) is 10.1 Å². The van der Waals surface area contributed by atoms with Crippen molar-refractivity contribution in [2.24, 2.45) is 0 Å². The predicted molar refractivity (Wildman–Crippen MR) is 121 cm³/mol. The number of allylic oxidation sites excluding steroid dienone is 1. The van der Waals surface area contributed by atoms with Gasteiger partial charge in [-0.3, -0.25) is 0 Å². The molecule has 0 saturated carbocycles. The van der Waals surface area contributed by atoms with Crippen LogP contribution in [0.3, 0.4) is 0 Å². The Bertz CT molecular complexity index is 1290. The van der Waals surface area contributed by atoms with E-state index < -0.39 is 11.9 Å². The van der Waals surface area contributed by atoms with Crippen molar-refractivity contribution >= 4 is 11.3 Å². The second kappa shape index (κ2) is 8.57. The number of anilines is 1. The molecule has 1 aliphatic rings. The van der Waals surface area contributed by atoms with Crippen LogP contribution in [0.5, 0.6) is 0 Å². The van der Waals surface area contributed by atoms with Crippen LogP contribution in [0.1, 0.15) is 23.7 Å². The van der Waals surface area contributed by atoms with Crippen molar-refractivity contribution in [2.45, 2.75) is 32.0 Å². The molecule has 5 rings (SSSR count). The molecule has 4 aromatic rings. The Morgan fingerprint density at radius 3 is 2.36 bits per heavy atom. The van der Waals surface area contributed by atoms with Crippen LogP contribution >= 0.6 is 0 Å². The van der Waals surface area contributed by atoms with Crippen LogP contribution in [-0.2, 0) is 33.2 Å². The van der Waals surface area contributed by atoms with Gasteiger partial charge in [0.05, 0.1) is 6.61 Å². The van der Waals surface area contributed by atoms with Crippen molar-refractivity contribution < 1.29 is 19.3 Å². The number of nitrogens with two attached hydrogens (primary N) is 1. The molecule has 33 heavy (non-hydrogen) atoms. The highest BCUT2D eigenvalue weighted by atomic mass is 16.7. The zero-order chi connectivity index (χ0) is 22.8. The first-order valence-corrected chi connectivity index (χ1v) is 10.6. The molecule has 2 aromatic heterocycles. The summed E-state index contributed by atoms with van der Waals surface area (Å²) in [7, 11) is 0. The van der Waals surface area contributed by atoms with E-state index in [1.807, 2.05) is 60.7 Å². The quantitative estimate of drug-likeness (QED) is 0.449. The number of aliphatic hydroxyl groups is 1. The van der Waals surface area contributed by atoms with Gasteiger partial charge in [-0.05, 0) is 30.2 Å². The highest BCUT2D eigenvalue weighted by molar-refractivity contribution is 5.65. The first-order valence-electron chi connectivity index (χ1n) is 10.6. The Hall–Kier alpha value is -3.88. The number of ether oxygens (including phenoxy) is 3. The van der Waals surface area contributed by atoms with E-state index in [0.717, 1.165) is 11.1 Å². The molecule has 0 bridgehead atoms. The summed E-state index contributed by atoms with van der Waals surface area (Å²) in [6.07, 6.45) is 0.396. The number of rotatable bonds is 7. The van der Waals surface area contributed by atoms with Gasteiger partial charge >= 0.3 is 0 Å². The first-order chi connectivity index (χ1) is 16.1. The number of nitrogens with zero attached hydrogens (tertiary/aromatic N) is 3. The van der Waals surface area contributed by atoms with Gasteiger partial charge in [0.15, 0.2) is 17.7 Å². The van der Waals surface area contributed by atoms with Crippen molar-refractivity contribution in [3.63, 3.8) is 0 Å². The first kappa shape index (κ1) is 21.0. The minimum absolute atomic E-state index is 0.253. The van der Waals surface area contributed by atoms with Gasteiger partial charge in [-0.2, -0.15) is 5.10 Å². The van der Waals surface area contributed by atoms with Crippen molar-refractivity contribution in [1.29, 1.82) is 0 Å². The molecule has 2 atom stereocenters. The van der Waals surface area contributed by atoms with Crippen LogP contribution in [0.4, 0.5) is 5.82 Å². The molecule has 168 valence electrons. The van der Waals surface area contributed by atoms with Crippen LogP contribution in [-0.4, -0.2) is 25.8 Å². The third kappa shape index (κ3) is 3.90. The van der Waals surface area contributed by atoms with E-state index in [4.69, 9.17) is 19.9 Å². The maximum atomic E-state index is 11.8. The maximum absolute atomic E-state index is 11.8. The lowest BCUT2D eigenvalue weighted by Crippen LogP contribution is -2.41. The van der Waals surface area contributed by atoms with E-state index in [0.29, 0.717) is 35.2 Å². The summed E-state index contributed by atoms with van der Waals surface area (Å²) in [6.45, 7) is 2.31. The molecule has 1 aliphatic heterocycles. The van der Waals surface area contributed by atoms with Crippen molar-refractivity contribution in [3.8, 4) is 0 Å². The fraction of sp³-hybridized carbons (Fsp3) is 0.200. The van der Waals surface area contributed by atoms with E-state index in [1.54, 1.807) is 19.1 Å². The molecule has 0 spiro atoms. The average Bonchev–Trinajstić information content (AvgIpc) is 3.38. The number of hydrogen-bond donors (Lipinski definition) is 2. The van der Waals surface area contributed by atoms with E-state index >= 15 is 0 Å². The Morgan fingerprint density at radius 1 is 1.00 bits per heavy atom. The number of benzene rings is 2. The molecule has 0 amide bonds. The van der Waals surface area contributed by atoms with Crippen molar-refractivity contribution in [2.75, 3.05) is 5.73 Å². The lowest BCUT2D eigenvalue weighted by Gasteiger charge is -2.29. The third-order valence-electron chi connectivity index (χ3n) is 5.59.